The number of rotatable bonds is 5. The summed E-state index contributed by atoms with van der Waals surface area (Å²) in [6, 6.07) is 2.84. The zero-order chi connectivity index (χ0) is 16.0. The molecule has 1 rings (SSSR count). The van der Waals surface area contributed by atoms with Crippen LogP contribution in [0.4, 0.5) is 13.2 Å². The molecule has 0 saturated carbocycles. The lowest BCUT2D eigenvalue weighted by atomic mass is 10.1. The molecule has 1 unspecified atom stereocenters. The average molecular weight is 299 g/mol. The van der Waals surface area contributed by atoms with Crippen LogP contribution >= 0.6 is 0 Å². The third-order valence-corrected chi connectivity index (χ3v) is 2.60. The van der Waals surface area contributed by atoms with E-state index in [1.54, 1.807) is 0 Å². The summed E-state index contributed by atoms with van der Waals surface area (Å²) in [6.45, 7) is 0. The Morgan fingerprint density at radius 3 is 2.29 bits per heavy atom. The van der Waals surface area contributed by atoms with Gasteiger partial charge in [-0.25, -0.2) is 4.79 Å². The molecular weight excluding hydrogens is 287 g/mol. The number of carbonyl (C=O) groups is 2. The molecule has 21 heavy (non-hydrogen) atoms. The van der Waals surface area contributed by atoms with Crippen LogP contribution in [0.3, 0.4) is 0 Å². The minimum atomic E-state index is -4.44. The molecule has 0 radical (unpaired) electrons. The van der Waals surface area contributed by atoms with Crippen molar-refractivity contribution >= 4 is 11.9 Å². The molecule has 0 saturated heterocycles. The van der Waals surface area contributed by atoms with Crippen LogP contribution < -0.4 is 5.32 Å². The second-order valence-electron chi connectivity index (χ2n) is 4.24. The number of alkyl halides is 3. The Morgan fingerprint density at radius 1 is 1.29 bits per heavy atom. The van der Waals surface area contributed by atoms with E-state index < -0.39 is 29.7 Å². The monoisotopic (exact) mass is 299 g/mol. The number of carbonyl (C=O) groups excluding carboxylic acids is 1. The summed E-state index contributed by atoms with van der Waals surface area (Å²) < 4.78 is 37.1. The number of carboxylic acid groups (broad SMARTS) is 1. The largest absolute Gasteiger partial charge is 0.480 e. The molecule has 0 bridgehead atoms. The van der Waals surface area contributed by atoms with Crippen LogP contribution in [-0.4, -0.2) is 23.0 Å². The molecule has 1 amide bonds. The predicted molar refractivity (Wildman–Crippen MR) is 68.2 cm³/mol. The predicted octanol–water partition coefficient (Wildman–Crippen LogP) is 1.84. The highest BCUT2D eigenvalue weighted by Gasteiger charge is 2.30. The standard InChI is InChI=1S/C14H12F3NO3/c1-2-3-11(13(20)21)18-12(19)8-9-4-6-10(7-5-9)14(15,16)17/h1,4-7,11H,3,8H2,(H,18,19)(H,20,21). The number of amides is 1. The SMILES string of the molecule is C#CCC(NC(=O)Cc1ccc(C(F)(F)F)cc1)C(=O)O. The van der Waals surface area contributed by atoms with Crippen LogP contribution in [0, 0.1) is 12.3 Å². The van der Waals surface area contributed by atoms with E-state index in [4.69, 9.17) is 11.5 Å². The Hall–Kier alpha value is -2.49. The van der Waals surface area contributed by atoms with E-state index in [-0.39, 0.29) is 12.8 Å². The summed E-state index contributed by atoms with van der Waals surface area (Å²) in [4.78, 5) is 22.4. The van der Waals surface area contributed by atoms with E-state index in [2.05, 4.69) is 11.2 Å². The second-order valence-corrected chi connectivity index (χ2v) is 4.24. The van der Waals surface area contributed by atoms with Crippen molar-refractivity contribution in [1.82, 2.24) is 5.32 Å². The lowest BCUT2D eigenvalue weighted by Gasteiger charge is -2.12. The number of carboxylic acids is 1. The van der Waals surface area contributed by atoms with Gasteiger partial charge >= 0.3 is 12.1 Å². The molecule has 1 aromatic rings. The van der Waals surface area contributed by atoms with Crippen molar-refractivity contribution in [2.24, 2.45) is 0 Å². The van der Waals surface area contributed by atoms with Gasteiger partial charge in [0.25, 0.3) is 0 Å². The maximum Gasteiger partial charge on any atom is 0.416 e. The highest BCUT2D eigenvalue weighted by atomic mass is 19.4. The fourth-order valence-electron chi connectivity index (χ4n) is 1.56. The van der Waals surface area contributed by atoms with Gasteiger partial charge in [-0.15, -0.1) is 12.3 Å². The van der Waals surface area contributed by atoms with Crippen molar-refractivity contribution in [3.8, 4) is 12.3 Å². The van der Waals surface area contributed by atoms with E-state index >= 15 is 0 Å². The molecular formula is C14H12F3NO3. The molecule has 4 nitrogen and oxygen atoms in total. The Balaban J connectivity index is 2.67. The summed E-state index contributed by atoms with van der Waals surface area (Å²) in [5.74, 6) is 0.225. The minimum absolute atomic E-state index is 0.173. The first-order valence-corrected chi connectivity index (χ1v) is 5.86. The van der Waals surface area contributed by atoms with Crippen LogP contribution in [0.15, 0.2) is 24.3 Å². The molecule has 112 valence electrons. The van der Waals surface area contributed by atoms with Gasteiger partial charge in [0.2, 0.25) is 5.91 Å². The first-order chi connectivity index (χ1) is 9.74. The fourth-order valence-corrected chi connectivity index (χ4v) is 1.56. The van der Waals surface area contributed by atoms with E-state index in [1.807, 2.05) is 0 Å². The third-order valence-electron chi connectivity index (χ3n) is 2.60. The van der Waals surface area contributed by atoms with Gasteiger partial charge in [-0.1, -0.05) is 12.1 Å². The number of hydrogen-bond donors (Lipinski definition) is 2. The molecule has 2 N–H and O–H groups in total. The van der Waals surface area contributed by atoms with Gasteiger partial charge in [-0.05, 0) is 17.7 Å². The van der Waals surface area contributed by atoms with Crippen molar-refractivity contribution in [1.29, 1.82) is 0 Å². The highest BCUT2D eigenvalue weighted by molar-refractivity contribution is 5.85. The van der Waals surface area contributed by atoms with E-state index in [0.29, 0.717) is 5.56 Å². The third kappa shape index (κ3) is 5.18. The fraction of sp³-hybridized carbons (Fsp3) is 0.286. The normalized spacial score (nSPS) is 12.3. The van der Waals surface area contributed by atoms with Gasteiger partial charge in [0.1, 0.15) is 6.04 Å². The summed E-state index contributed by atoms with van der Waals surface area (Å²) in [6.07, 6.45) is 0.137. The summed E-state index contributed by atoms with van der Waals surface area (Å²) in [7, 11) is 0. The van der Waals surface area contributed by atoms with E-state index in [9.17, 15) is 22.8 Å². The van der Waals surface area contributed by atoms with Crippen molar-refractivity contribution in [3.63, 3.8) is 0 Å². The number of hydrogen-bond acceptors (Lipinski definition) is 2. The first kappa shape index (κ1) is 16.6. The highest BCUT2D eigenvalue weighted by Crippen LogP contribution is 2.29. The maximum absolute atomic E-state index is 12.4. The Morgan fingerprint density at radius 2 is 1.86 bits per heavy atom. The van der Waals surface area contributed by atoms with Gasteiger partial charge in [0, 0.05) is 6.42 Å². The molecule has 1 aromatic carbocycles. The van der Waals surface area contributed by atoms with Crippen LogP contribution in [0.2, 0.25) is 0 Å². The quantitative estimate of drug-likeness (QED) is 0.815. The van der Waals surface area contributed by atoms with Crippen molar-refractivity contribution in [3.05, 3.63) is 35.4 Å². The number of terminal acetylenes is 1. The van der Waals surface area contributed by atoms with Gasteiger partial charge in [-0.3, -0.25) is 4.79 Å². The molecule has 0 heterocycles. The number of benzene rings is 1. The van der Waals surface area contributed by atoms with Gasteiger partial charge in [0.15, 0.2) is 0 Å². The maximum atomic E-state index is 12.4. The summed E-state index contributed by atoms with van der Waals surface area (Å²) in [5.41, 5.74) is -0.479. The molecule has 0 aliphatic rings. The molecule has 7 heteroatoms. The van der Waals surface area contributed by atoms with Gasteiger partial charge in [0.05, 0.1) is 12.0 Å². The zero-order valence-corrected chi connectivity index (χ0v) is 10.8. The van der Waals surface area contributed by atoms with Crippen LogP contribution in [0.1, 0.15) is 17.5 Å². The molecule has 1 atom stereocenters. The Kier molecular flexibility index (Phi) is 5.36. The number of halogens is 3. The zero-order valence-electron chi connectivity index (χ0n) is 10.8. The van der Waals surface area contributed by atoms with Crippen LogP contribution in [-0.2, 0) is 22.2 Å². The van der Waals surface area contributed by atoms with Crippen molar-refractivity contribution in [2.75, 3.05) is 0 Å². The van der Waals surface area contributed by atoms with Gasteiger partial charge < -0.3 is 10.4 Å². The molecule has 0 aliphatic heterocycles. The molecule has 0 spiro atoms. The minimum Gasteiger partial charge on any atom is -0.480 e. The Bertz CT molecular complexity index is 558. The molecule has 0 aromatic heterocycles. The average Bonchev–Trinajstić information content (AvgIpc) is 2.37. The van der Waals surface area contributed by atoms with Crippen molar-refractivity contribution in [2.45, 2.75) is 25.1 Å². The second kappa shape index (κ2) is 6.79. The van der Waals surface area contributed by atoms with Gasteiger partial charge in [-0.2, -0.15) is 13.2 Å². The smallest absolute Gasteiger partial charge is 0.416 e. The number of aliphatic carboxylic acids is 1. The molecule has 0 aliphatic carbocycles. The lowest BCUT2D eigenvalue weighted by Crippen LogP contribution is -2.41. The Labute approximate surface area is 119 Å². The first-order valence-electron chi connectivity index (χ1n) is 5.86. The summed E-state index contributed by atoms with van der Waals surface area (Å²) in [5, 5.41) is 11.0. The van der Waals surface area contributed by atoms with Crippen molar-refractivity contribution < 1.29 is 27.9 Å². The van der Waals surface area contributed by atoms with E-state index in [1.165, 1.54) is 12.1 Å². The summed E-state index contributed by atoms with van der Waals surface area (Å²) >= 11 is 0. The topological polar surface area (TPSA) is 66.4 Å². The lowest BCUT2D eigenvalue weighted by molar-refractivity contribution is -0.141. The molecule has 0 fully saturated rings. The van der Waals surface area contributed by atoms with Crippen LogP contribution in [0.25, 0.3) is 0 Å². The van der Waals surface area contributed by atoms with E-state index in [0.717, 1.165) is 12.1 Å². The van der Waals surface area contributed by atoms with Crippen LogP contribution in [0.5, 0.6) is 0 Å². The number of nitrogens with one attached hydrogen (secondary N) is 1.